The summed E-state index contributed by atoms with van der Waals surface area (Å²) >= 11 is 0. The van der Waals surface area contributed by atoms with Gasteiger partial charge in [-0.1, -0.05) is 103 Å². The summed E-state index contributed by atoms with van der Waals surface area (Å²) in [6, 6.07) is 0. The smallest absolute Gasteiger partial charge is 0.0720 e. The van der Waals surface area contributed by atoms with Crippen LogP contribution in [-0.2, 0) is 0 Å². The van der Waals surface area contributed by atoms with E-state index >= 15 is 0 Å². The van der Waals surface area contributed by atoms with Gasteiger partial charge >= 0.3 is 0 Å². The van der Waals surface area contributed by atoms with Gasteiger partial charge in [-0.25, -0.2) is 0 Å². The SMILES string of the molecule is CCCC=CC(O)CCCCCCCCCCCCC. The molecule has 0 spiro atoms. The van der Waals surface area contributed by atoms with E-state index in [4.69, 9.17) is 0 Å². The summed E-state index contributed by atoms with van der Waals surface area (Å²) in [6.45, 7) is 4.44. The van der Waals surface area contributed by atoms with E-state index in [1.807, 2.05) is 6.08 Å². The van der Waals surface area contributed by atoms with Crippen molar-refractivity contribution in [1.29, 1.82) is 0 Å². The summed E-state index contributed by atoms with van der Waals surface area (Å²) in [5.74, 6) is 0. The van der Waals surface area contributed by atoms with Crippen LogP contribution >= 0.6 is 0 Å². The molecule has 1 heteroatoms. The molecule has 0 radical (unpaired) electrons. The Hall–Kier alpha value is -0.300. The van der Waals surface area contributed by atoms with Gasteiger partial charge in [0.1, 0.15) is 0 Å². The van der Waals surface area contributed by atoms with E-state index in [0.717, 1.165) is 12.8 Å². The Balaban J connectivity index is 3.12. The Kier molecular flexibility index (Phi) is 16.5. The number of allylic oxidation sites excluding steroid dienone is 1. The number of unbranched alkanes of at least 4 members (excludes halogenated alkanes) is 11. The minimum absolute atomic E-state index is 0.208. The van der Waals surface area contributed by atoms with Gasteiger partial charge in [0.25, 0.3) is 0 Å². The van der Waals surface area contributed by atoms with Gasteiger partial charge in [-0.05, 0) is 12.8 Å². The van der Waals surface area contributed by atoms with Crippen LogP contribution in [0, 0.1) is 0 Å². The number of aliphatic hydroxyl groups is 1. The second-order valence-corrected chi connectivity index (χ2v) is 6.11. The van der Waals surface area contributed by atoms with Crippen molar-refractivity contribution in [1.82, 2.24) is 0 Å². The normalized spacial score (nSPS) is 13.2. The largest absolute Gasteiger partial charge is 0.389 e. The minimum Gasteiger partial charge on any atom is -0.389 e. The van der Waals surface area contributed by atoms with Gasteiger partial charge in [0, 0.05) is 0 Å². The summed E-state index contributed by atoms with van der Waals surface area (Å²) in [5, 5.41) is 9.73. The Morgan fingerprint density at radius 2 is 1.20 bits per heavy atom. The molecular weight excluding hydrogens is 244 g/mol. The highest BCUT2D eigenvalue weighted by Gasteiger charge is 1.98. The Morgan fingerprint density at radius 1 is 0.700 bits per heavy atom. The molecule has 1 N–H and O–H groups in total. The van der Waals surface area contributed by atoms with Gasteiger partial charge in [0.05, 0.1) is 6.10 Å². The number of hydrogen-bond donors (Lipinski definition) is 1. The highest BCUT2D eigenvalue weighted by Crippen LogP contribution is 2.12. The second-order valence-electron chi connectivity index (χ2n) is 6.11. The van der Waals surface area contributed by atoms with E-state index in [9.17, 15) is 5.11 Å². The third-order valence-corrected chi connectivity index (χ3v) is 3.92. The van der Waals surface area contributed by atoms with Crippen LogP contribution in [0.1, 0.15) is 104 Å². The zero-order valence-electron chi connectivity index (χ0n) is 14.1. The van der Waals surface area contributed by atoms with Crippen molar-refractivity contribution in [2.45, 2.75) is 110 Å². The van der Waals surface area contributed by atoms with Crippen LogP contribution in [0.3, 0.4) is 0 Å². The fraction of sp³-hybridized carbons (Fsp3) is 0.895. The zero-order valence-corrected chi connectivity index (χ0v) is 14.1. The number of hydrogen-bond acceptors (Lipinski definition) is 1. The van der Waals surface area contributed by atoms with Crippen LogP contribution in [0.5, 0.6) is 0 Å². The first-order valence-corrected chi connectivity index (χ1v) is 9.16. The molecule has 0 saturated heterocycles. The van der Waals surface area contributed by atoms with Crippen LogP contribution in [-0.4, -0.2) is 11.2 Å². The lowest BCUT2D eigenvalue weighted by Crippen LogP contribution is -2.01. The number of aliphatic hydroxyl groups excluding tert-OH is 1. The maximum absolute atomic E-state index is 9.73. The van der Waals surface area contributed by atoms with Crippen LogP contribution in [0.15, 0.2) is 12.2 Å². The first kappa shape index (κ1) is 19.7. The first-order chi connectivity index (χ1) is 9.81. The van der Waals surface area contributed by atoms with Crippen LogP contribution in [0.4, 0.5) is 0 Å². The Labute approximate surface area is 127 Å². The molecule has 0 saturated carbocycles. The van der Waals surface area contributed by atoms with Crippen molar-refractivity contribution >= 4 is 0 Å². The van der Waals surface area contributed by atoms with Crippen LogP contribution < -0.4 is 0 Å². The van der Waals surface area contributed by atoms with Gasteiger partial charge in [0.2, 0.25) is 0 Å². The Bertz CT molecular complexity index is 198. The summed E-state index contributed by atoms with van der Waals surface area (Å²) in [7, 11) is 0. The molecule has 20 heavy (non-hydrogen) atoms. The van der Waals surface area contributed by atoms with E-state index < -0.39 is 0 Å². The summed E-state index contributed by atoms with van der Waals surface area (Å²) in [5.41, 5.74) is 0. The highest BCUT2D eigenvalue weighted by atomic mass is 16.3. The first-order valence-electron chi connectivity index (χ1n) is 9.16. The zero-order chi connectivity index (χ0) is 14.9. The van der Waals surface area contributed by atoms with Gasteiger partial charge in [-0.2, -0.15) is 0 Å². The highest BCUT2D eigenvalue weighted by molar-refractivity contribution is 4.87. The average molecular weight is 283 g/mol. The van der Waals surface area contributed by atoms with E-state index in [0.29, 0.717) is 0 Å². The quantitative estimate of drug-likeness (QED) is 0.272. The molecule has 0 bridgehead atoms. The van der Waals surface area contributed by atoms with Crippen molar-refractivity contribution in [3.05, 3.63) is 12.2 Å². The fourth-order valence-electron chi connectivity index (χ4n) is 2.53. The lowest BCUT2D eigenvalue weighted by atomic mass is 10.0. The maximum atomic E-state index is 9.73. The van der Waals surface area contributed by atoms with Crippen LogP contribution in [0.25, 0.3) is 0 Å². The topological polar surface area (TPSA) is 20.2 Å². The lowest BCUT2D eigenvalue weighted by Gasteiger charge is -2.05. The maximum Gasteiger partial charge on any atom is 0.0720 e. The molecule has 1 atom stereocenters. The van der Waals surface area contributed by atoms with E-state index in [2.05, 4.69) is 19.9 Å². The van der Waals surface area contributed by atoms with E-state index in [-0.39, 0.29) is 6.10 Å². The fourth-order valence-corrected chi connectivity index (χ4v) is 2.53. The second kappa shape index (κ2) is 16.8. The molecule has 1 nitrogen and oxygen atoms in total. The van der Waals surface area contributed by atoms with Crippen molar-refractivity contribution < 1.29 is 5.11 Å². The van der Waals surface area contributed by atoms with Crippen molar-refractivity contribution in [2.24, 2.45) is 0 Å². The van der Waals surface area contributed by atoms with Gasteiger partial charge in [0.15, 0.2) is 0 Å². The third kappa shape index (κ3) is 15.8. The molecule has 0 fully saturated rings. The predicted octanol–water partition coefficient (Wildman–Crippen LogP) is 6.40. The summed E-state index contributed by atoms with van der Waals surface area (Å²) in [6.07, 6.45) is 22.2. The molecular formula is C19H38O. The average Bonchev–Trinajstić information content (AvgIpc) is 2.45. The van der Waals surface area contributed by atoms with Crippen molar-refractivity contribution in [3.63, 3.8) is 0 Å². The molecule has 0 aliphatic carbocycles. The molecule has 0 aromatic heterocycles. The van der Waals surface area contributed by atoms with Gasteiger partial charge in [-0.3, -0.25) is 0 Å². The van der Waals surface area contributed by atoms with Crippen molar-refractivity contribution in [3.8, 4) is 0 Å². The molecule has 1 unspecified atom stereocenters. The molecule has 120 valence electrons. The van der Waals surface area contributed by atoms with E-state index in [1.54, 1.807) is 0 Å². The summed E-state index contributed by atoms with van der Waals surface area (Å²) in [4.78, 5) is 0. The monoisotopic (exact) mass is 282 g/mol. The third-order valence-electron chi connectivity index (χ3n) is 3.92. The Morgan fingerprint density at radius 3 is 1.70 bits per heavy atom. The molecule has 0 rings (SSSR count). The van der Waals surface area contributed by atoms with Gasteiger partial charge < -0.3 is 5.11 Å². The number of rotatable bonds is 15. The van der Waals surface area contributed by atoms with E-state index in [1.165, 1.54) is 77.0 Å². The van der Waals surface area contributed by atoms with Crippen molar-refractivity contribution in [2.75, 3.05) is 0 Å². The van der Waals surface area contributed by atoms with Gasteiger partial charge in [-0.15, -0.1) is 0 Å². The predicted molar refractivity (Wildman–Crippen MR) is 91.1 cm³/mol. The standard InChI is InChI=1S/C19H38O/c1-3-5-7-8-9-10-11-12-13-14-16-18-19(20)17-15-6-4-2/h15,17,19-20H,3-14,16,18H2,1-2H3. The lowest BCUT2D eigenvalue weighted by molar-refractivity contribution is 0.207. The van der Waals surface area contributed by atoms with Crippen LogP contribution in [0.2, 0.25) is 0 Å². The summed E-state index contributed by atoms with van der Waals surface area (Å²) < 4.78 is 0. The molecule has 0 amide bonds. The molecule has 0 aliphatic rings. The minimum atomic E-state index is -0.208. The molecule has 0 aliphatic heterocycles. The molecule has 0 aromatic rings. The molecule has 0 heterocycles. The molecule has 0 aromatic carbocycles.